The Balaban J connectivity index is 2.04. The fraction of sp³-hybridized carbons (Fsp3) is 0.640. The molecule has 176 valence electrons. The van der Waals surface area contributed by atoms with Gasteiger partial charge in [0.15, 0.2) is 11.4 Å². The summed E-state index contributed by atoms with van der Waals surface area (Å²) in [5.74, 6) is -2.39. The Bertz CT molecular complexity index is 898. The standard InChI is InChI=1S/C25H35NO6/c1-6-13(3)16-8-7-15-10-12(2)9-14(4)18(15)19(16)22(28)20-21(27)17(26-23(20)29)11-25(5,32)24(30)31/h6-8,12,14-19,28,32H,9-11H2,1-5H3,(H,26,29)(H,30,31). The predicted molar refractivity (Wildman–Crippen MR) is 120 cm³/mol. The summed E-state index contributed by atoms with van der Waals surface area (Å²) < 4.78 is 0. The number of amides is 1. The van der Waals surface area contributed by atoms with Gasteiger partial charge < -0.3 is 20.6 Å². The Kier molecular flexibility index (Phi) is 6.70. The minimum absolute atomic E-state index is 0.0883. The van der Waals surface area contributed by atoms with Gasteiger partial charge >= 0.3 is 5.97 Å². The van der Waals surface area contributed by atoms with Crippen molar-refractivity contribution in [3.05, 3.63) is 35.1 Å². The Labute approximate surface area is 189 Å². The molecule has 0 aromatic rings. The van der Waals surface area contributed by atoms with E-state index in [1.807, 2.05) is 19.9 Å². The largest absolute Gasteiger partial charge is 0.511 e. The molecule has 0 spiro atoms. The maximum Gasteiger partial charge on any atom is 0.335 e. The summed E-state index contributed by atoms with van der Waals surface area (Å²) in [6, 6.07) is -1.19. The van der Waals surface area contributed by atoms with E-state index < -0.39 is 41.6 Å². The Hall–Kier alpha value is -2.41. The summed E-state index contributed by atoms with van der Waals surface area (Å²) in [7, 11) is 0. The molecular weight excluding hydrogens is 410 g/mol. The first-order chi connectivity index (χ1) is 14.9. The number of nitrogens with one attached hydrogen (secondary N) is 1. The average Bonchev–Trinajstić information content (AvgIpc) is 2.98. The number of aliphatic carboxylic acids is 1. The maximum absolute atomic E-state index is 13.1. The van der Waals surface area contributed by atoms with Gasteiger partial charge in [0.1, 0.15) is 11.3 Å². The summed E-state index contributed by atoms with van der Waals surface area (Å²) in [4.78, 5) is 37.1. The molecule has 7 heteroatoms. The molecule has 0 radical (unpaired) electrons. The quantitative estimate of drug-likeness (QED) is 0.223. The van der Waals surface area contributed by atoms with Crippen molar-refractivity contribution in [2.75, 3.05) is 0 Å². The SMILES string of the molecule is CC=C(C)C1C=CC2CC(C)CC(C)C2C1C(O)=C1C(=O)NC(CC(C)(O)C(=O)O)C1=O. The Morgan fingerprint density at radius 2 is 1.88 bits per heavy atom. The molecule has 2 aliphatic carbocycles. The molecule has 2 fully saturated rings. The molecule has 1 saturated heterocycles. The molecule has 0 bridgehead atoms. The first-order valence-corrected chi connectivity index (χ1v) is 11.4. The van der Waals surface area contributed by atoms with Crippen LogP contribution in [0.3, 0.4) is 0 Å². The van der Waals surface area contributed by atoms with Gasteiger partial charge in [-0.1, -0.05) is 37.6 Å². The van der Waals surface area contributed by atoms with E-state index >= 15 is 0 Å². The number of carboxylic acids is 1. The van der Waals surface area contributed by atoms with Gasteiger partial charge in [-0.3, -0.25) is 9.59 Å². The summed E-state index contributed by atoms with van der Waals surface area (Å²) >= 11 is 0. The first kappa shape index (κ1) is 24.2. The third-order valence-corrected chi connectivity index (χ3v) is 7.68. The van der Waals surface area contributed by atoms with Crippen LogP contribution in [0, 0.1) is 35.5 Å². The second kappa shape index (κ2) is 8.85. The predicted octanol–water partition coefficient (Wildman–Crippen LogP) is 3.16. The molecule has 32 heavy (non-hydrogen) atoms. The monoisotopic (exact) mass is 445 g/mol. The number of carboxylic acid groups (broad SMARTS) is 1. The van der Waals surface area contributed by atoms with Crippen molar-refractivity contribution in [1.29, 1.82) is 0 Å². The molecule has 3 aliphatic rings. The molecule has 0 aromatic carbocycles. The molecule has 7 nitrogen and oxygen atoms in total. The maximum atomic E-state index is 13.1. The number of aliphatic hydroxyl groups excluding tert-OH is 1. The van der Waals surface area contributed by atoms with Crippen molar-refractivity contribution >= 4 is 17.7 Å². The number of allylic oxidation sites excluding steroid dienone is 5. The van der Waals surface area contributed by atoms with Crippen molar-refractivity contribution in [3.8, 4) is 0 Å². The van der Waals surface area contributed by atoms with Crippen LogP contribution in [-0.2, 0) is 14.4 Å². The van der Waals surface area contributed by atoms with Crippen LogP contribution in [-0.4, -0.2) is 44.6 Å². The van der Waals surface area contributed by atoms with E-state index in [1.165, 1.54) is 0 Å². The van der Waals surface area contributed by atoms with Crippen LogP contribution in [0.1, 0.15) is 53.9 Å². The molecule has 1 amide bonds. The van der Waals surface area contributed by atoms with Crippen LogP contribution in [0.25, 0.3) is 0 Å². The normalized spacial score (nSPS) is 38.7. The van der Waals surface area contributed by atoms with E-state index in [4.69, 9.17) is 0 Å². The average molecular weight is 446 g/mol. The van der Waals surface area contributed by atoms with Crippen LogP contribution in [0.2, 0.25) is 0 Å². The fourth-order valence-corrected chi connectivity index (χ4v) is 5.98. The smallest absolute Gasteiger partial charge is 0.335 e. The van der Waals surface area contributed by atoms with Crippen molar-refractivity contribution in [2.24, 2.45) is 35.5 Å². The minimum Gasteiger partial charge on any atom is -0.511 e. The number of carbonyl (C=O) groups excluding carboxylic acids is 2. The number of Topliss-reactive ketones (excluding diaryl/α,β-unsaturated/α-hetero) is 1. The van der Waals surface area contributed by atoms with Gasteiger partial charge in [-0.25, -0.2) is 4.79 Å². The third-order valence-electron chi connectivity index (χ3n) is 7.68. The van der Waals surface area contributed by atoms with Crippen LogP contribution >= 0.6 is 0 Å². The highest BCUT2D eigenvalue weighted by molar-refractivity contribution is 6.27. The number of rotatable bonds is 5. The molecular formula is C25H35NO6. The number of hydrogen-bond donors (Lipinski definition) is 4. The Morgan fingerprint density at radius 1 is 1.22 bits per heavy atom. The van der Waals surface area contributed by atoms with Crippen molar-refractivity contribution in [1.82, 2.24) is 5.32 Å². The highest BCUT2D eigenvalue weighted by Gasteiger charge is 2.49. The van der Waals surface area contributed by atoms with Crippen LogP contribution < -0.4 is 5.32 Å². The number of ketones is 1. The van der Waals surface area contributed by atoms with Crippen molar-refractivity contribution in [2.45, 2.75) is 65.5 Å². The van der Waals surface area contributed by atoms with Gasteiger partial charge in [-0.15, -0.1) is 0 Å². The van der Waals surface area contributed by atoms with E-state index in [-0.39, 0.29) is 29.1 Å². The van der Waals surface area contributed by atoms with Crippen molar-refractivity contribution in [3.63, 3.8) is 0 Å². The van der Waals surface area contributed by atoms with E-state index in [1.54, 1.807) is 0 Å². The van der Waals surface area contributed by atoms with Crippen molar-refractivity contribution < 1.29 is 29.7 Å². The molecule has 4 N–H and O–H groups in total. The topological polar surface area (TPSA) is 124 Å². The molecule has 1 aliphatic heterocycles. The molecule has 1 heterocycles. The summed E-state index contributed by atoms with van der Waals surface area (Å²) in [5.41, 5.74) is -1.41. The number of carbonyl (C=O) groups is 3. The highest BCUT2D eigenvalue weighted by atomic mass is 16.4. The zero-order valence-corrected chi connectivity index (χ0v) is 19.5. The third kappa shape index (κ3) is 4.27. The van der Waals surface area contributed by atoms with E-state index in [0.29, 0.717) is 11.8 Å². The lowest BCUT2D eigenvalue weighted by atomic mass is 9.57. The zero-order valence-electron chi connectivity index (χ0n) is 19.5. The lowest BCUT2D eigenvalue weighted by molar-refractivity contribution is -0.158. The Morgan fingerprint density at radius 3 is 2.47 bits per heavy atom. The minimum atomic E-state index is -2.17. The van der Waals surface area contributed by atoms with E-state index in [2.05, 4.69) is 31.3 Å². The van der Waals surface area contributed by atoms with Gasteiger partial charge in [0, 0.05) is 18.3 Å². The molecule has 1 saturated carbocycles. The number of hydrogen-bond acceptors (Lipinski definition) is 5. The lowest BCUT2D eigenvalue weighted by Gasteiger charge is -2.47. The molecule has 3 rings (SSSR count). The number of aliphatic hydroxyl groups is 2. The first-order valence-electron chi connectivity index (χ1n) is 11.4. The van der Waals surface area contributed by atoms with Gasteiger partial charge in [0.2, 0.25) is 0 Å². The molecule has 8 atom stereocenters. The highest BCUT2D eigenvalue weighted by Crippen LogP contribution is 2.51. The summed E-state index contributed by atoms with van der Waals surface area (Å²) in [6.45, 7) is 9.40. The van der Waals surface area contributed by atoms with Crippen LogP contribution in [0.4, 0.5) is 0 Å². The fourth-order valence-electron chi connectivity index (χ4n) is 5.98. The van der Waals surface area contributed by atoms with Crippen LogP contribution in [0.5, 0.6) is 0 Å². The molecule has 0 aromatic heterocycles. The lowest BCUT2D eigenvalue weighted by Crippen LogP contribution is -2.43. The van der Waals surface area contributed by atoms with Gasteiger partial charge in [-0.05, 0) is 57.3 Å². The van der Waals surface area contributed by atoms with Crippen LogP contribution in [0.15, 0.2) is 35.1 Å². The second-order valence-electron chi connectivity index (χ2n) is 10.2. The number of fused-ring (bicyclic) bond motifs is 1. The zero-order chi connectivity index (χ0) is 24.0. The van der Waals surface area contributed by atoms with Gasteiger partial charge in [-0.2, -0.15) is 0 Å². The summed E-state index contributed by atoms with van der Waals surface area (Å²) in [5, 5.41) is 33.2. The molecule has 8 unspecified atom stereocenters. The van der Waals surface area contributed by atoms with E-state index in [9.17, 15) is 29.7 Å². The van der Waals surface area contributed by atoms with Gasteiger partial charge in [0.05, 0.1) is 6.04 Å². The second-order valence-corrected chi connectivity index (χ2v) is 10.2. The van der Waals surface area contributed by atoms with Gasteiger partial charge in [0.25, 0.3) is 5.91 Å². The summed E-state index contributed by atoms with van der Waals surface area (Å²) in [6.07, 6.45) is 7.85. The van der Waals surface area contributed by atoms with E-state index in [0.717, 1.165) is 25.3 Å².